The second kappa shape index (κ2) is 13.6. The van der Waals surface area contributed by atoms with Crippen molar-refractivity contribution in [1.29, 1.82) is 0 Å². The van der Waals surface area contributed by atoms with E-state index in [1.165, 1.54) is 0 Å². The molecule has 0 bridgehead atoms. The molecule has 3 aromatic rings. The van der Waals surface area contributed by atoms with Gasteiger partial charge in [-0.25, -0.2) is 14.6 Å². The number of rotatable bonds is 12. The maximum Gasteiger partial charge on any atom is 0.356 e. The van der Waals surface area contributed by atoms with E-state index >= 15 is 0 Å². The van der Waals surface area contributed by atoms with Gasteiger partial charge in [-0.05, 0) is 43.7 Å². The van der Waals surface area contributed by atoms with Crippen LogP contribution in [0, 0.1) is 12.8 Å². The van der Waals surface area contributed by atoms with Crippen molar-refractivity contribution in [3.8, 4) is 0 Å². The highest BCUT2D eigenvalue weighted by Crippen LogP contribution is 2.25. The lowest BCUT2D eigenvalue weighted by molar-refractivity contribution is -0.124. The highest BCUT2D eigenvalue weighted by atomic mass is 16.7. The fourth-order valence-electron chi connectivity index (χ4n) is 5.20. The number of benzene rings is 1. The summed E-state index contributed by atoms with van der Waals surface area (Å²) < 4.78 is 10.6. The predicted octanol–water partition coefficient (Wildman–Crippen LogP) is 3.51. The number of likely N-dealkylation sites (tertiary alicyclic amines) is 1. The number of ether oxygens (including phenoxy) is 2. The molecule has 2 aromatic heterocycles. The van der Waals surface area contributed by atoms with E-state index < -0.39 is 18.1 Å². The van der Waals surface area contributed by atoms with Crippen LogP contribution < -0.4 is 10.6 Å². The minimum atomic E-state index is -1.15. The minimum absolute atomic E-state index is 0.0338. The van der Waals surface area contributed by atoms with Gasteiger partial charge in [0.25, 0.3) is 0 Å². The number of aromatic nitrogens is 3. The number of hydrogen-bond acceptors (Lipinski definition) is 6. The van der Waals surface area contributed by atoms with Crippen molar-refractivity contribution >= 4 is 28.8 Å². The Labute approximate surface area is 239 Å². The Hall–Kier alpha value is -3.90. The van der Waals surface area contributed by atoms with Crippen LogP contribution in [0.4, 0.5) is 4.79 Å². The Balaban J connectivity index is 1.52. The molecule has 12 nitrogen and oxygen atoms in total. The maximum absolute atomic E-state index is 13.7. The molecule has 12 heteroatoms. The maximum atomic E-state index is 13.7. The van der Waals surface area contributed by atoms with Crippen molar-refractivity contribution < 1.29 is 29.0 Å². The number of aryl methyl sites for hydroxylation is 1. The predicted molar refractivity (Wildman–Crippen MR) is 153 cm³/mol. The van der Waals surface area contributed by atoms with Gasteiger partial charge in [-0.3, -0.25) is 4.79 Å². The molecular formula is C29H40N6O6. The normalized spacial score (nSPS) is 15.7. The third kappa shape index (κ3) is 7.65. The van der Waals surface area contributed by atoms with Crippen molar-refractivity contribution in [1.82, 2.24) is 30.5 Å². The fourth-order valence-corrected chi connectivity index (χ4v) is 5.20. The largest absolute Gasteiger partial charge is 0.476 e. The molecule has 3 heterocycles. The SMILES string of the molecule is COCOC1CCN(C(=O)N[C@@H](CC(C)C)C(=O)NC(Cc2c[nH]c3ccccc23)c2nc(C(=O)O)c(C)[nH]2)CC1. The second-order valence-electron chi connectivity index (χ2n) is 10.9. The third-order valence-electron chi connectivity index (χ3n) is 7.32. The van der Waals surface area contributed by atoms with E-state index in [4.69, 9.17) is 9.47 Å². The van der Waals surface area contributed by atoms with Gasteiger partial charge in [0.05, 0.1) is 12.1 Å². The van der Waals surface area contributed by atoms with E-state index in [0.29, 0.717) is 50.3 Å². The molecule has 3 amide bonds. The molecule has 41 heavy (non-hydrogen) atoms. The zero-order valence-electron chi connectivity index (χ0n) is 24.0. The van der Waals surface area contributed by atoms with Crippen LogP contribution in [0.25, 0.3) is 10.9 Å². The van der Waals surface area contributed by atoms with E-state index in [-0.39, 0.29) is 36.4 Å². The summed E-state index contributed by atoms with van der Waals surface area (Å²) in [6, 6.07) is 6.08. The van der Waals surface area contributed by atoms with Gasteiger partial charge in [0.1, 0.15) is 18.7 Å². The number of carbonyl (C=O) groups excluding carboxylic acids is 2. The summed E-state index contributed by atoms with van der Waals surface area (Å²) >= 11 is 0. The topological polar surface area (TPSA) is 162 Å². The van der Waals surface area contributed by atoms with Gasteiger partial charge in [0, 0.05) is 49.4 Å². The van der Waals surface area contributed by atoms with Crippen molar-refractivity contribution in [2.75, 3.05) is 27.0 Å². The number of imidazole rings is 1. The summed E-state index contributed by atoms with van der Waals surface area (Å²) in [6.07, 6.45) is 4.08. The van der Waals surface area contributed by atoms with E-state index in [1.807, 2.05) is 44.3 Å². The van der Waals surface area contributed by atoms with Crippen LogP contribution in [-0.4, -0.2) is 82.0 Å². The van der Waals surface area contributed by atoms with Crippen molar-refractivity contribution in [3.63, 3.8) is 0 Å². The van der Waals surface area contributed by atoms with Crippen molar-refractivity contribution in [3.05, 3.63) is 53.2 Å². The van der Waals surface area contributed by atoms with E-state index in [1.54, 1.807) is 18.9 Å². The van der Waals surface area contributed by atoms with Crippen LogP contribution in [0.15, 0.2) is 30.5 Å². The average molecular weight is 569 g/mol. The van der Waals surface area contributed by atoms with Gasteiger partial charge in [0.2, 0.25) is 5.91 Å². The molecule has 0 saturated carbocycles. The van der Waals surface area contributed by atoms with Gasteiger partial charge >= 0.3 is 12.0 Å². The zero-order valence-corrected chi connectivity index (χ0v) is 24.0. The molecule has 1 unspecified atom stereocenters. The van der Waals surface area contributed by atoms with Crippen LogP contribution in [0.2, 0.25) is 0 Å². The number of aromatic carboxylic acids is 1. The number of hydrogen-bond donors (Lipinski definition) is 5. The number of carbonyl (C=O) groups is 3. The molecule has 1 aliphatic heterocycles. The monoisotopic (exact) mass is 568 g/mol. The third-order valence-corrected chi connectivity index (χ3v) is 7.32. The van der Waals surface area contributed by atoms with Gasteiger partial charge < -0.3 is 40.1 Å². The lowest BCUT2D eigenvalue weighted by Gasteiger charge is -2.33. The Kier molecular flexibility index (Phi) is 10.0. The summed E-state index contributed by atoms with van der Waals surface area (Å²) in [5.41, 5.74) is 2.20. The summed E-state index contributed by atoms with van der Waals surface area (Å²) in [5.74, 6) is -1.04. The number of nitrogens with zero attached hydrogens (tertiary/aromatic N) is 2. The Morgan fingerprint density at radius 1 is 1.17 bits per heavy atom. The van der Waals surface area contributed by atoms with Crippen LogP contribution in [0.5, 0.6) is 0 Å². The highest BCUT2D eigenvalue weighted by Gasteiger charge is 2.30. The molecule has 0 spiro atoms. The molecule has 5 N–H and O–H groups in total. The molecule has 1 saturated heterocycles. The van der Waals surface area contributed by atoms with E-state index in [9.17, 15) is 19.5 Å². The molecule has 1 aromatic carbocycles. The quantitative estimate of drug-likeness (QED) is 0.209. The molecule has 2 atom stereocenters. The lowest BCUT2D eigenvalue weighted by atomic mass is 10.0. The lowest BCUT2D eigenvalue weighted by Crippen LogP contribution is -2.54. The second-order valence-corrected chi connectivity index (χ2v) is 10.9. The molecule has 1 fully saturated rings. The smallest absolute Gasteiger partial charge is 0.356 e. The van der Waals surface area contributed by atoms with Gasteiger partial charge in [-0.15, -0.1) is 0 Å². The van der Waals surface area contributed by atoms with Crippen LogP contribution in [0.1, 0.15) is 66.7 Å². The minimum Gasteiger partial charge on any atom is -0.476 e. The number of carboxylic acids is 1. The average Bonchev–Trinajstić information content (AvgIpc) is 3.54. The number of fused-ring (bicyclic) bond motifs is 1. The Morgan fingerprint density at radius 2 is 1.90 bits per heavy atom. The van der Waals surface area contributed by atoms with Crippen LogP contribution in [0.3, 0.4) is 0 Å². The number of piperidine rings is 1. The number of nitrogens with one attached hydrogen (secondary N) is 4. The summed E-state index contributed by atoms with van der Waals surface area (Å²) in [5, 5.41) is 16.6. The summed E-state index contributed by atoms with van der Waals surface area (Å²) in [6.45, 7) is 6.87. The molecular weight excluding hydrogens is 528 g/mol. The molecule has 222 valence electrons. The Morgan fingerprint density at radius 3 is 2.56 bits per heavy atom. The van der Waals surface area contributed by atoms with Gasteiger partial charge in [0.15, 0.2) is 5.69 Å². The van der Waals surface area contributed by atoms with Crippen LogP contribution >= 0.6 is 0 Å². The highest BCUT2D eigenvalue weighted by molar-refractivity contribution is 5.88. The fraction of sp³-hybridized carbons (Fsp3) is 0.517. The number of aromatic amines is 2. The Bertz CT molecular complexity index is 1340. The molecule has 0 aliphatic carbocycles. The first kappa shape index (κ1) is 30.1. The summed E-state index contributed by atoms with van der Waals surface area (Å²) in [4.78, 5) is 50.9. The van der Waals surface area contributed by atoms with E-state index in [2.05, 4.69) is 25.6 Å². The van der Waals surface area contributed by atoms with Crippen molar-refractivity contribution in [2.24, 2.45) is 5.92 Å². The van der Waals surface area contributed by atoms with Gasteiger partial charge in [-0.1, -0.05) is 32.0 Å². The number of para-hydroxylation sites is 1. The molecule has 4 rings (SSSR count). The van der Waals surface area contributed by atoms with E-state index in [0.717, 1.165) is 16.5 Å². The zero-order chi connectivity index (χ0) is 29.5. The molecule has 0 radical (unpaired) electrons. The number of carboxylic acid groups (broad SMARTS) is 1. The molecule has 1 aliphatic rings. The first-order chi connectivity index (χ1) is 19.7. The standard InChI is InChI=1S/C29H40N6O6/c1-17(2)13-24(33-29(39)35-11-9-20(10-12-35)41-16-40-4)27(36)32-23(26-31-18(3)25(34-26)28(37)38)14-19-15-30-22-8-6-5-7-21(19)22/h5-8,15,17,20,23-24,30H,9-14,16H2,1-4H3,(H,31,34)(H,32,36)(H,33,39)(H,37,38)/t23?,24-/m0/s1. The number of amides is 3. The van der Waals surface area contributed by atoms with Crippen molar-refractivity contribution in [2.45, 2.75) is 64.6 Å². The summed E-state index contributed by atoms with van der Waals surface area (Å²) in [7, 11) is 1.58. The first-order valence-electron chi connectivity index (χ1n) is 14.0. The first-order valence-corrected chi connectivity index (χ1v) is 14.0. The number of methoxy groups -OCH3 is 1. The van der Waals surface area contributed by atoms with Gasteiger partial charge in [-0.2, -0.15) is 0 Å². The number of urea groups is 1. The van der Waals surface area contributed by atoms with Crippen LogP contribution in [-0.2, 0) is 20.7 Å². The number of H-pyrrole nitrogens is 2.